The molecule has 126 valence electrons. The van der Waals surface area contributed by atoms with E-state index in [1.165, 1.54) is 5.56 Å². The number of benzene rings is 1. The lowest BCUT2D eigenvalue weighted by Gasteiger charge is -2.34. The zero-order valence-electron chi connectivity index (χ0n) is 14.7. The summed E-state index contributed by atoms with van der Waals surface area (Å²) in [5, 5.41) is 0. The lowest BCUT2D eigenvalue weighted by atomic mass is 9.94. The summed E-state index contributed by atoms with van der Waals surface area (Å²) in [6.45, 7) is 9.04. The number of ether oxygens (including phenoxy) is 1. The van der Waals surface area contributed by atoms with Crippen molar-refractivity contribution in [3.63, 3.8) is 0 Å². The first-order valence-electron chi connectivity index (χ1n) is 8.18. The van der Waals surface area contributed by atoms with Gasteiger partial charge < -0.3 is 9.64 Å². The molecule has 0 saturated carbocycles. The molecule has 0 aliphatic carbocycles. The molecule has 0 fully saturated rings. The van der Waals surface area contributed by atoms with Gasteiger partial charge in [0.2, 0.25) is 0 Å². The molecule has 1 aromatic rings. The molecule has 1 amide bonds. The zero-order chi connectivity index (χ0) is 17.5. The Kier molecular flexibility index (Phi) is 4.07. The van der Waals surface area contributed by atoms with Crippen molar-refractivity contribution in [2.45, 2.75) is 27.7 Å². The number of carbonyl (C=O) groups excluding carboxylic acids is 1. The number of aryl methyl sites for hydroxylation is 3. The number of allylic oxidation sites excluding steroid dienone is 1. The molecular formula is C19H24N3O2+. The maximum atomic E-state index is 12.7. The van der Waals surface area contributed by atoms with Crippen LogP contribution < -0.4 is 5.84 Å². The van der Waals surface area contributed by atoms with Gasteiger partial charge >= 0.3 is 6.09 Å². The highest BCUT2D eigenvalue weighted by molar-refractivity contribution is 5.79. The van der Waals surface area contributed by atoms with E-state index in [1.807, 2.05) is 12.3 Å². The van der Waals surface area contributed by atoms with E-state index in [2.05, 4.69) is 43.9 Å². The number of fused-ring (bicyclic) bond motifs is 1. The molecule has 0 spiro atoms. The summed E-state index contributed by atoms with van der Waals surface area (Å²) >= 11 is 0. The number of nitrogens with two attached hydrogens (primary N) is 1. The maximum Gasteiger partial charge on any atom is 0.546 e. The van der Waals surface area contributed by atoms with Crippen LogP contribution in [0.25, 0.3) is 5.70 Å². The number of hydrogen-bond acceptors (Lipinski definition) is 4. The van der Waals surface area contributed by atoms with E-state index in [1.54, 1.807) is 13.1 Å². The van der Waals surface area contributed by atoms with Gasteiger partial charge in [0.15, 0.2) is 5.70 Å². The Balaban J connectivity index is 2.27. The third-order valence-corrected chi connectivity index (χ3v) is 4.47. The average molecular weight is 326 g/mol. The Morgan fingerprint density at radius 1 is 1.29 bits per heavy atom. The first-order chi connectivity index (χ1) is 11.4. The van der Waals surface area contributed by atoms with Crippen molar-refractivity contribution in [3.8, 4) is 0 Å². The predicted octanol–water partition coefficient (Wildman–Crippen LogP) is 3.48. The fraction of sp³-hybridized carbons (Fsp3) is 0.316. The van der Waals surface area contributed by atoms with Gasteiger partial charge in [-0.3, -0.25) is 0 Å². The van der Waals surface area contributed by atoms with E-state index in [0.717, 1.165) is 34.6 Å². The maximum absolute atomic E-state index is 12.7. The van der Waals surface area contributed by atoms with Gasteiger partial charge in [0.1, 0.15) is 11.9 Å². The topological polar surface area (TPSA) is 55.6 Å². The number of rotatable bonds is 2. The van der Waals surface area contributed by atoms with Crippen molar-refractivity contribution in [1.82, 2.24) is 4.90 Å². The number of hydrogen-bond donors (Lipinski definition) is 1. The van der Waals surface area contributed by atoms with Gasteiger partial charge in [-0.2, -0.15) is 10.6 Å². The summed E-state index contributed by atoms with van der Waals surface area (Å²) in [4.78, 5) is 14.8. The van der Waals surface area contributed by atoms with Crippen LogP contribution in [0.15, 0.2) is 42.4 Å². The van der Waals surface area contributed by atoms with Crippen molar-refractivity contribution in [2.24, 2.45) is 5.84 Å². The molecule has 2 aliphatic rings. The number of amides is 1. The molecular weight excluding hydrogens is 302 g/mol. The van der Waals surface area contributed by atoms with E-state index < -0.39 is 10.7 Å². The van der Waals surface area contributed by atoms with E-state index in [9.17, 15) is 4.79 Å². The highest BCUT2D eigenvalue weighted by Crippen LogP contribution is 2.39. The van der Waals surface area contributed by atoms with Gasteiger partial charge in [0.05, 0.1) is 12.8 Å². The molecule has 1 atom stereocenters. The molecule has 1 unspecified atom stereocenters. The van der Waals surface area contributed by atoms with Crippen molar-refractivity contribution >= 4 is 11.8 Å². The van der Waals surface area contributed by atoms with Crippen LogP contribution in [0.3, 0.4) is 0 Å². The summed E-state index contributed by atoms with van der Waals surface area (Å²) in [6, 6.07) is 4.24. The zero-order valence-corrected chi connectivity index (χ0v) is 14.7. The summed E-state index contributed by atoms with van der Waals surface area (Å²) in [6.07, 6.45) is 7.17. The molecule has 3 rings (SSSR count). The second-order valence-electron chi connectivity index (χ2n) is 6.34. The van der Waals surface area contributed by atoms with Crippen LogP contribution in [0.5, 0.6) is 0 Å². The van der Waals surface area contributed by atoms with Crippen molar-refractivity contribution in [3.05, 3.63) is 64.6 Å². The Morgan fingerprint density at radius 3 is 2.58 bits per heavy atom. The van der Waals surface area contributed by atoms with E-state index in [-0.39, 0.29) is 6.61 Å². The predicted molar refractivity (Wildman–Crippen MR) is 94.0 cm³/mol. The van der Waals surface area contributed by atoms with Crippen LogP contribution >= 0.6 is 0 Å². The van der Waals surface area contributed by atoms with Gasteiger partial charge in [-0.25, -0.2) is 0 Å². The Labute approximate surface area is 142 Å². The standard InChI is InChI=1S/C19H24N3O2/c1-5-24-19(23)22(20)10-9-21-8-6-7-16(21)18(22)17-14(3)11-13(2)12-15(17)4/h6-7,9-12H,5,8,20H2,1-4H3/q+1. The van der Waals surface area contributed by atoms with Crippen LogP contribution in [-0.2, 0) is 4.74 Å². The van der Waals surface area contributed by atoms with Gasteiger partial charge in [0.25, 0.3) is 0 Å². The molecule has 0 bridgehead atoms. The second-order valence-corrected chi connectivity index (χ2v) is 6.34. The molecule has 24 heavy (non-hydrogen) atoms. The summed E-state index contributed by atoms with van der Waals surface area (Å²) in [5.41, 5.74) is 6.11. The number of nitrogens with zero attached hydrogens (tertiary/aromatic N) is 2. The van der Waals surface area contributed by atoms with Crippen LogP contribution in [0.1, 0.15) is 29.2 Å². The average Bonchev–Trinajstić information content (AvgIpc) is 2.97. The van der Waals surface area contributed by atoms with E-state index in [0.29, 0.717) is 0 Å². The fourth-order valence-electron chi connectivity index (χ4n) is 3.53. The third kappa shape index (κ3) is 2.46. The molecule has 0 saturated heterocycles. The molecule has 1 aromatic carbocycles. The number of carbonyl (C=O) groups is 1. The minimum atomic E-state index is -0.477. The van der Waals surface area contributed by atoms with E-state index >= 15 is 0 Å². The molecule has 0 aromatic heterocycles. The van der Waals surface area contributed by atoms with Crippen molar-refractivity contribution in [2.75, 3.05) is 13.2 Å². The van der Waals surface area contributed by atoms with Crippen LogP contribution in [0, 0.1) is 20.8 Å². The minimum Gasteiger partial charge on any atom is -0.418 e. The largest absolute Gasteiger partial charge is 0.546 e. The monoisotopic (exact) mass is 326 g/mol. The smallest absolute Gasteiger partial charge is 0.418 e. The molecule has 2 N–H and O–H groups in total. The first kappa shape index (κ1) is 16.5. The lowest BCUT2D eigenvalue weighted by Crippen LogP contribution is -2.55. The summed E-state index contributed by atoms with van der Waals surface area (Å²) in [5.74, 6) is 6.55. The second kappa shape index (κ2) is 5.92. The van der Waals surface area contributed by atoms with Crippen molar-refractivity contribution < 1.29 is 14.1 Å². The van der Waals surface area contributed by atoms with Gasteiger partial charge in [-0.1, -0.05) is 28.4 Å². The quantitative estimate of drug-likeness (QED) is 0.513. The lowest BCUT2D eigenvalue weighted by molar-refractivity contribution is -0.745. The van der Waals surface area contributed by atoms with Crippen LogP contribution in [0.2, 0.25) is 0 Å². The molecule has 0 radical (unpaired) electrons. The fourth-order valence-corrected chi connectivity index (χ4v) is 3.53. The summed E-state index contributed by atoms with van der Waals surface area (Å²) in [7, 11) is 0. The van der Waals surface area contributed by atoms with Crippen molar-refractivity contribution in [1.29, 1.82) is 0 Å². The number of quaternary nitrogens is 1. The Morgan fingerprint density at radius 2 is 1.96 bits per heavy atom. The van der Waals surface area contributed by atoms with Gasteiger partial charge in [-0.05, 0) is 44.9 Å². The highest BCUT2D eigenvalue weighted by Gasteiger charge is 2.46. The first-order valence-corrected chi connectivity index (χ1v) is 8.18. The SMILES string of the molecule is CCOC(=O)[N+]1(N)C=CN2CC=CC2=C1c1c(C)cc(C)cc1C. The van der Waals surface area contributed by atoms with Gasteiger partial charge in [-0.15, -0.1) is 0 Å². The normalized spacial score (nSPS) is 22.1. The molecule has 2 aliphatic heterocycles. The van der Waals surface area contributed by atoms with E-state index in [4.69, 9.17) is 10.6 Å². The third-order valence-electron chi connectivity index (χ3n) is 4.47. The molecule has 5 heteroatoms. The Bertz CT molecular complexity index is 769. The van der Waals surface area contributed by atoms with Gasteiger partial charge in [0, 0.05) is 12.1 Å². The minimum absolute atomic E-state index is 0.290. The van der Waals surface area contributed by atoms with Crippen LogP contribution in [0.4, 0.5) is 4.79 Å². The van der Waals surface area contributed by atoms with Crippen LogP contribution in [-0.4, -0.2) is 28.7 Å². The molecule has 5 nitrogen and oxygen atoms in total. The summed E-state index contributed by atoms with van der Waals surface area (Å²) < 4.78 is 4.79. The Hall–Kier alpha value is -2.37. The highest BCUT2D eigenvalue weighted by atomic mass is 16.6. The molecule has 2 heterocycles.